The standard InChI is InChI=1S/C49H94O6/c1-6-7-8-9-10-11-12-13-14-15-16-19-24-29-34-39-47(50)53-42-46(55-49(52)41-36-31-26-21-23-28-33-38-45(4)5)43-54-48(51)40-35-30-25-20-17-18-22-27-32-37-44(2)3/h44-46H,6-43H2,1-5H3/t46-/m1/s1. The summed E-state index contributed by atoms with van der Waals surface area (Å²) >= 11 is 0. The molecule has 0 saturated heterocycles. The number of hydrogen-bond donors (Lipinski definition) is 0. The molecule has 0 N–H and O–H groups in total. The summed E-state index contributed by atoms with van der Waals surface area (Å²) in [4.78, 5) is 37.8. The lowest BCUT2D eigenvalue weighted by Crippen LogP contribution is -2.30. The van der Waals surface area contributed by atoms with Crippen LogP contribution in [0, 0.1) is 11.8 Å². The van der Waals surface area contributed by atoms with Crippen molar-refractivity contribution in [2.75, 3.05) is 13.2 Å². The lowest BCUT2D eigenvalue weighted by atomic mass is 10.0. The van der Waals surface area contributed by atoms with Crippen LogP contribution in [0.4, 0.5) is 0 Å². The fourth-order valence-corrected chi connectivity index (χ4v) is 7.28. The summed E-state index contributed by atoms with van der Waals surface area (Å²) in [6, 6.07) is 0. The molecular formula is C49H94O6. The highest BCUT2D eigenvalue weighted by molar-refractivity contribution is 5.71. The molecule has 0 amide bonds. The molecule has 0 spiro atoms. The molecular weight excluding hydrogens is 685 g/mol. The van der Waals surface area contributed by atoms with E-state index in [-0.39, 0.29) is 31.1 Å². The van der Waals surface area contributed by atoms with E-state index in [1.807, 2.05) is 0 Å². The van der Waals surface area contributed by atoms with Gasteiger partial charge in [-0.3, -0.25) is 14.4 Å². The Labute approximate surface area is 342 Å². The first-order chi connectivity index (χ1) is 26.7. The van der Waals surface area contributed by atoms with Crippen LogP contribution in [-0.2, 0) is 28.6 Å². The smallest absolute Gasteiger partial charge is 0.306 e. The molecule has 6 heteroatoms. The minimum absolute atomic E-state index is 0.0650. The van der Waals surface area contributed by atoms with E-state index in [0.29, 0.717) is 19.3 Å². The normalized spacial score (nSPS) is 12.1. The van der Waals surface area contributed by atoms with Crippen molar-refractivity contribution in [2.45, 2.75) is 272 Å². The van der Waals surface area contributed by atoms with Gasteiger partial charge in [-0.1, -0.05) is 227 Å². The molecule has 0 aromatic heterocycles. The second-order valence-corrected chi connectivity index (χ2v) is 17.7. The van der Waals surface area contributed by atoms with Gasteiger partial charge in [0.25, 0.3) is 0 Å². The maximum Gasteiger partial charge on any atom is 0.306 e. The summed E-state index contributed by atoms with van der Waals surface area (Å²) in [5, 5.41) is 0. The van der Waals surface area contributed by atoms with Gasteiger partial charge < -0.3 is 14.2 Å². The van der Waals surface area contributed by atoms with Crippen LogP contribution < -0.4 is 0 Å². The number of ether oxygens (including phenoxy) is 3. The van der Waals surface area contributed by atoms with Crippen molar-refractivity contribution in [3.8, 4) is 0 Å². The molecule has 0 aliphatic rings. The molecule has 0 saturated carbocycles. The van der Waals surface area contributed by atoms with Crippen LogP contribution in [0.5, 0.6) is 0 Å². The second kappa shape index (κ2) is 42.0. The molecule has 0 aliphatic carbocycles. The first-order valence-electron chi connectivity index (χ1n) is 24.2. The van der Waals surface area contributed by atoms with Crippen LogP contribution in [0.15, 0.2) is 0 Å². The van der Waals surface area contributed by atoms with Gasteiger partial charge in [-0.15, -0.1) is 0 Å². The Hall–Kier alpha value is -1.59. The average Bonchev–Trinajstić information content (AvgIpc) is 3.15. The predicted molar refractivity (Wildman–Crippen MR) is 233 cm³/mol. The molecule has 0 fully saturated rings. The van der Waals surface area contributed by atoms with Crippen molar-refractivity contribution in [2.24, 2.45) is 11.8 Å². The van der Waals surface area contributed by atoms with Gasteiger partial charge >= 0.3 is 17.9 Å². The number of hydrogen-bond acceptors (Lipinski definition) is 6. The van der Waals surface area contributed by atoms with Crippen molar-refractivity contribution < 1.29 is 28.6 Å². The van der Waals surface area contributed by atoms with E-state index >= 15 is 0 Å². The van der Waals surface area contributed by atoms with E-state index in [1.165, 1.54) is 154 Å². The summed E-state index contributed by atoms with van der Waals surface area (Å²) in [5.74, 6) is 0.729. The lowest BCUT2D eigenvalue weighted by Gasteiger charge is -2.18. The van der Waals surface area contributed by atoms with Gasteiger partial charge in [-0.25, -0.2) is 0 Å². The summed E-state index contributed by atoms with van der Waals surface area (Å²) in [6.45, 7) is 11.3. The third-order valence-corrected chi connectivity index (χ3v) is 11.0. The third-order valence-electron chi connectivity index (χ3n) is 11.0. The minimum Gasteiger partial charge on any atom is -0.462 e. The minimum atomic E-state index is -0.761. The van der Waals surface area contributed by atoms with Crippen LogP contribution >= 0.6 is 0 Å². The summed E-state index contributed by atoms with van der Waals surface area (Å²) in [6.07, 6.45) is 41.0. The van der Waals surface area contributed by atoms with E-state index in [2.05, 4.69) is 34.6 Å². The number of carbonyl (C=O) groups is 3. The highest BCUT2D eigenvalue weighted by Gasteiger charge is 2.19. The van der Waals surface area contributed by atoms with Gasteiger partial charge in [0.05, 0.1) is 0 Å². The molecule has 6 nitrogen and oxygen atoms in total. The Morgan fingerprint density at radius 3 is 0.891 bits per heavy atom. The van der Waals surface area contributed by atoms with Crippen molar-refractivity contribution >= 4 is 17.9 Å². The van der Waals surface area contributed by atoms with Gasteiger partial charge in [-0.2, -0.15) is 0 Å². The highest BCUT2D eigenvalue weighted by Crippen LogP contribution is 2.17. The maximum atomic E-state index is 12.7. The number of esters is 3. The van der Waals surface area contributed by atoms with Crippen molar-refractivity contribution in [3.05, 3.63) is 0 Å². The molecule has 0 rings (SSSR count). The first-order valence-corrected chi connectivity index (χ1v) is 24.2. The molecule has 0 aliphatic heterocycles. The number of rotatable bonds is 43. The summed E-state index contributed by atoms with van der Waals surface area (Å²) in [5.41, 5.74) is 0. The summed E-state index contributed by atoms with van der Waals surface area (Å²) in [7, 11) is 0. The van der Waals surface area contributed by atoms with Gasteiger partial charge in [0.2, 0.25) is 0 Å². The van der Waals surface area contributed by atoms with Crippen LogP contribution in [-0.4, -0.2) is 37.2 Å². The fourth-order valence-electron chi connectivity index (χ4n) is 7.28. The maximum absolute atomic E-state index is 12.7. The summed E-state index contributed by atoms with van der Waals surface area (Å²) < 4.78 is 16.7. The van der Waals surface area contributed by atoms with Crippen molar-refractivity contribution in [1.29, 1.82) is 0 Å². The Morgan fingerprint density at radius 1 is 0.345 bits per heavy atom. The number of unbranched alkanes of at least 4 members (excludes halogenated alkanes) is 28. The average molecular weight is 779 g/mol. The molecule has 0 bridgehead atoms. The molecule has 0 aromatic carbocycles. The molecule has 1 atom stereocenters. The Kier molecular flexibility index (Phi) is 40.8. The second-order valence-electron chi connectivity index (χ2n) is 17.7. The quantitative estimate of drug-likeness (QED) is 0.0348. The Bertz CT molecular complexity index is 839. The predicted octanol–water partition coefficient (Wildman–Crippen LogP) is 15.4. The van der Waals surface area contributed by atoms with Gasteiger partial charge in [0.15, 0.2) is 6.10 Å². The number of carbonyl (C=O) groups excluding carboxylic acids is 3. The zero-order valence-corrected chi connectivity index (χ0v) is 37.6. The van der Waals surface area contributed by atoms with Crippen molar-refractivity contribution in [1.82, 2.24) is 0 Å². The molecule has 0 unspecified atom stereocenters. The van der Waals surface area contributed by atoms with E-state index in [0.717, 1.165) is 69.6 Å². The van der Waals surface area contributed by atoms with E-state index in [1.54, 1.807) is 0 Å². The Balaban J connectivity index is 4.29. The topological polar surface area (TPSA) is 78.9 Å². The van der Waals surface area contributed by atoms with E-state index in [4.69, 9.17) is 14.2 Å². The molecule has 0 radical (unpaired) electrons. The SMILES string of the molecule is CCCCCCCCCCCCCCCCCC(=O)OC[C@H](COC(=O)CCCCCCCCCCCC(C)C)OC(=O)CCCCCCCCCC(C)C. The molecule has 0 heterocycles. The largest absolute Gasteiger partial charge is 0.462 e. The van der Waals surface area contributed by atoms with Gasteiger partial charge in [0, 0.05) is 19.3 Å². The molecule has 55 heavy (non-hydrogen) atoms. The fraction of sp³-hybridized carbons (Fsp3) is 0.939. The van der Waals surface area contributed by atoms with Crippen LogP contribution in [0.3, 0.4) is 0 Å². The first kappa shape index (κ1) is 53.4. The van der Waals surface area contributed by atoms with Crippen LogP contribution in [0.25, 0.3) is 0 Å². The lowest BCUT2D eigenvalue weighted by molar-refractivity contribution is -0.167. The van der Waals surface area contributed by atoms with E-state index in [9.17, 15) is 14.4 Å². The van der Waals surface area contributed by atoms with Gasteiger partial charge in [-0.05, 0) is 31.1 Å². The molecule has 0 aromatic rings. The Morgan fingerprint density at radius 2 is 0.600 bits per heavy atom. The van der Waals surface area contributed by atoms with E-state index < -0.39 is 6.10 Å². The monoisotopic (exact) mass is 779 g/mol. The third kappa shape index (κ3) is 43.4. The van der Waals surface area contributed by atoms with Crippen molar-refractivity contribution in [3.63, 3.8) is 0 Å². The zero-order chi connectivity index (χ0) is 40.5. The van der Waals surface area contributed by atoms with Crippen LogP contribution in [0.1, 0.15) is 266 Å². The van der Waals surface area contributed by atoms with Gasteiger partial charge in [0.1, 0.15) is 13.2 Å². The highest BCUT2D eigenvalue weighted by atomic mass is 16.6. The zero-order valence-electron chi connectivity index (χ0n) is 37.6. The molecule has 326 valence electrons. The van der Waals surface area contributed by atoms with Crippen LogP contribution in [0.2, 0.25) is 0 Å².